The van der Waals surface area contributed by atoms with Crippen LogP contribution >= 0.6 is 0 Å². The Morgan fingerprint density at radius 2 is 1.93 bits per heavy atom. The number of rotatable bonds is 2. The van der Waals surface area contributed by atoms with Crippen molar-refractivity contribution in [3.63, 3.8) is 0 Å². The highest BCUT2D eigenvalue weighted by atomic mass is 19.1. The first kappa shape index (κ1) is 9.52. The highest BCUT2D eigenvalue weighted by molar-refractivity contribution is 5.78. The van der Waals surface area contributed by atoms with E-state index in [1.54, 1.807) is 12.1 Å². The molecular weight excluding hydrogens is 193 g/mol. The predicted octanol–water partition coefficient (Wildman–Crippen LogP) is 2.70. The summed E-state index contributed by atoms with van der Waals surface area (Å²) in [6.45, 7) is 0. The number of carbonyl (C=O) groups is 1. The summed E-state index contributed by atoms with van der Waals surface area (Å²) < 4.78 is 13.4. The summed E-state index contributed by atoms with van der Waals surface area (Å²) >= 11 is 0. The summed E-state index contributed by atoms with van der Waals surface area (Å²) in [5.41, 5.74) is 1.43. The average molecular weight is 201 g/mol. The van der Waals surface area contributed by atoms with Gasteiger partial charge in [0.1, 0.15) is 0 Å². The molecule has 15 heavy (non-hydrogen) atoms. The minimum atomic E-state index is -0.563. The molecule has 0 aliphatic carbocycles. The molecule has 74 valence electrons. The minimum absolute atomic E-state index is 0.347. The normalized spacial score (nSPS) is 9.93. The van der Waals surface area contributed by atoms with Crippen LogP contribution in [0, 0.1) is 5.95 Å². The number of nitrogens with zero attached hydrogens (tertiary/aromatic N) is 1. The summed E-state index contributed by atoms with van der Waals surface area (Å²) in [5.74, 6) is -0.563. The van der Waals surface area contributed by atoms with E-state index < -0.39 is 5.95 Å². The molecule has 0 saturated carbocycles. The number of aromatic nitrogens is 1. The van der Waals surface area contributed by atoms with Gasteiger partial charge in [-0.05, 0) is 11.6 Å². The van der Waals surface area contributed by atoms with Crippen LogP contribution in [0.1, 0.15) is 10.4 Å². The van der Waals surface area contributed by atoms with Crippen molar-refractivity contribution in [3.8, 4) is 11.1 Å². The second kappa shape index (κ2) is 4.00. The Balaban J connectivity index is 2.57. The second-order valence-electron chi connectivity index (χ2n) is 3.09. The molecule has 2 nitrogen and oxygen atoms in total. The van der Waals surface area contributed by atoms with Crippen LogP contribution in [0.3, 0.4) is 0 Å². The smallest absolute Gasteiger partial charge is 0.220 e. The Labute approximate surface area is 86.4 Å². The van der Waals surface area contributed by atoms with Gasteiger partial charge in [0.15, 0.2) is 6.29 Å². The first-order chi connectivity index (χ1) is 7.31. The number of halogens is 1. The lowest BCUT2D eigenvalue weighted by atomic mass is 10.1. The van der Waals surface area contributed by atoms with Crippen LogP contribution in [0.25, 0.3) is 11.1 Å². The molecule has 3 heteroatoms. The van der Waals surface area contributed by atoms with Crippen molar-refractivity contribution in [1.29, 1.82) is 0 Å². The molecule has 0 saturated heterocycles. The monoisotopic (exact) mass is 201 g/mol. The Bertz CT molecular complexity index is 482. The second-order valence-corrected chi connectivity index (χ2v) is 3.09. The summed E-state index contributed by atoms with van der Waals surface area (Å²) in [4.78, 5) is 14.1. The lowest BCUT2D eigenvalue weighted by Crippen LogP contribution is -1.91. The van der Waals surface area contributed by atoms with E-state index in [4.69, 9.17) is 0 Å². The van der Waals surface area contributed by atoms with Crippen molar-refractivity contribution in [1.82, 2.24) is 4.98 Å². The number of hydrogen-bond acceptors (Lipinski definition) is 2. The molecule has 1 aromatic heterocycles. The Morgan fingerprint density at radius 3 is 2.60 bits per heavy atom. The summed E-state index contributed by atoms with van der Waals surface area (Å²) in [6.07, 6.45) is 1.87. The Kier molecular flexibility index (Phi) is 2.54. The van der Waals surface area contributed by atoms with Crippen molar-refractivity contribution in [2.45, 2.75) is 0 Å². The third kappa shape index (κ3) is 1.91. The summed E-state index contributed by atoms with van der Waals surface area (Å²) in [6, 6.07) is 10.5. The lowest BCUT2D eigenvalue weighted by molar-refractivity contribution is 0.112. The van der Waals surface area contributed by atoms with Crippen molar-refractivity contribution in [2.24, 2.45) is 0 Å². The van der Waals surface area contributed by atoms with Gasteiger partial charge in [0.25, 0.3) is 0 Å². The molecule has 1 aromatic carbocycles. The minimum Gasteiger partial charge on any atom is -0.298 e. The van der Waals surface area contributed by atoms with Gasteiger partial charge in [-0.15, -0.1) is 0 Å². The van der Waals surface area contributed by atoms with Crippen molar-refractivity contribution in [3.05, 3.63) is 54.1 Å². The molecule has 2 rings (SSSR count). The van der Waals surface area contributed by atoms with E-state index in [0.717, 1.165) is 0 Å². The molecule has 0 radical (unpaired) electrons. The molecule has 2 aromatic rings. The van der Waals surface area contributed by atoms with Crippen LogP contribution in [0.4, 0.5) is 4.39 Å². The fourth-order valence-electron chi connectivity index (χ4n) is 1.35. The van der Waals surface area contributed by atoms with Crippen LogP contribution < -0.4 is 0 Å². The first-order valence-electron chi connectivity index (χ1n) is 4.47. The fourth-order valence-corrected chi connectivity index (χ4v) is 1.35. The molecule has 1 heterocycles. The van der Waals surface area contributed by atoms with Crippen LogP contribution in [0.15, 0.2) is 42.6 Å². The first-order valence-corrected chi connectivity index (χ1v) is 4.47. The predicted molar refractivity (Wildman–Crippen MR) is 55.0 cm³/mol. The van der Waals surface area contributed by atoms with E-state index >= 15 is 0 Å². The van der Waals surface area contributed by atoms with Crippen LogP contribution in [-0.2, 0) is 0 Å². The molecule has 0 unspecified atom stereocenters. The van der Waals surface area contributed by atoms with E-state index in [1.165, 1.54) is 12.3 Å². The molecule has 0 aliphatic rings. The van der Waals surface area contributed by atoms with Gasteiger partial charge >= 0.3 is 0 Å². The zero-order valence-electron chi connectivity index (χ0n) is 7.85. The van der Waals surface area contributed by atoms with Crippen LogP contribution in [-0.4, -0.2) is 11.3 Å². The van der Waals surface area contributed by atoms with Gasteiger partial charge in [0.2, 0.25) is 5.95 Å². The molecular formula is C12H8FNO. The van der Waals surface area contributed by atoms with Gasteiger partial charge in [-0.1, -0.05) is 30.3 Å². The fraction of sp³-hybridized carbons (Fsp3) is 0. The van der Waals surface area contributed by atoms with Gasteiger partial charge in [-0.3, -0.25) is 4.79 Å². The largest absolute Gasteiger partial charge is 0.298 e. The molecule has 0 bridgehead atoms. The maximum absolute atomic E-state index is 13.4. The highest BCUT2D eigenvalue weighted by Gasteiger charge is 2.06. The zero-order valence-corrected chi connectivity index (χ0v) is 7.85. The van der Waals surface area contributed by atoms with E-state index in [1.807, 2.05) is 18.2 Å². The Morgan fingerprint density at radius 1 is 1.20 bits per heavy atom. The maximum Gasteiger partial charge on any atom is 0.220 e. The van der Waals surface area contributed by atoms with Crippen LogP contribution in [0.2, 0.25) is 0 Å². The van der Waals surface area contributed by atoms with Gasteiger partial charge in [-0.2, -0.15) is 4.39 Å². The van der Waals surface area contributed by atoms with E-state index in [-0.39, 0.29) is 0 Å². The van der Waals surface area contributed by atoms with Gasteiger partial charge in [0, 0.05) is 17.3 Å². The third-order valence-electron chi connectivity index (χ3n) is 2.08. The SMILES string of the molecule is O=Cc1cnc(F)c(-c2ccccc2)c1. The van der Waals surface area contributed by atoms with E-state index in [0.29, 0.717) is 23.0 Å². The topological polar surface area (TPSA) is 30.0 Å². The van der Waals surface area contributed by atoms with Gasteiger partial charge in [0.05, 0.1) is 0 Å². The molecule has 0 spiro atoms. The van der Waals surface area contributed by atoms with E-state index in [9.17, 15) is 9.18 Å². The summed E-state index contributed by atoms with van der Waals surface area (Å²) in [7, 11) is 0. The number of hydrogen-bond donors (Lipinski definition) is 0. The highest BCUT2D eigenvalue weighted by Crippen LogP contribution is 2.21. The summed E-state index contributed by atoms with van der Waals surface area (Å²) in [5, 5.41) is 0. The molecule has 0 fully saturated rings. The number of carbonyl (C=O) groups excluding carboxylic acids is 1. The standard InChI is InChI=1S/C12H8FNO/c13-12-11(6-9(8-15)7-14-12)10-4-2-1-3-5-10/h1-8H. The van der Waals surface area contributed by atoms with Crippen molar-refractivity contribution in [2.75, 3.05) is 0 Å². The number of pyridine rings is 1. The van der Waals surface area contributed by atoms with Gasteiger partial charge < -0.3 is 0 Å². The van der Waals surface area contributed by atoms with E-state index in [2.05, 4.69) is 4.98 Å². The Hall–Kier alpha value is -2.03. The van der Waals surface area contributed by atoms with Gasteiger partial charge in [-0.25, -0.2) is 4.98 Å². The lowest BCUT2D eigenvalue weighted by Gasteiger charge is -2.02. The van der Waals surface area contributed by atoms with Crippen molar-refractivity contribution < 1.29 is 9.18 Å². The zero-order chi connectivity index (χ0) is 10.7. The average Bonchev–Trinajstić information content (AvgIpc) is 2.31. The van der Waals surface area contributed by atoms with Crippen molar-refractivity contribution >= 4 is 6.29 Å². The molecule has 0 N–H and O–H groups in total. The molecule has 0 aliphatic heterocycles. The number of benzene rings is 1. The third-order valence-corrected chi connectivity index (χ3v) is 2.08. The maximum atomic E-state index is 13.4. The number of aldehydes is 1. The quantitative estimate of drug-likeness (QED) is 0.552. The molecule has 0 amide bonds. The van der Waals surface area contributed by atoms with Crippen LogP contribution in [0.5, 0.6) is 0 Å². The molecule has 0 atom stereocenters.